The van der Waals surface area contributed by atoms with Gasteiger partial charge in [0.1, 0.15) is 0 Å². The van der Waals surface area contributed by atoms with E-state index < -0.39 is 5.97 Å². The molecule has 3 rings (SSSR count). The number of anilines is 1. The topological polar surface area (TPSA) is 55.4 Å². The van der Waals surface area contributed by atoms with Crippen molar-refractivity contribution in [2.75, 3.05) is 11.9 Å². The van der Waals surface area contributed by atoms with Gasteiger partial charge in [-0.05, 0) is 48.0 Å². The Morgan fingerprint density at radius 1 is 0.875 bits per heavy atom. The summed E-state index contributed by atoms with van der Waals surface area (Å²) in [6.07, 6.45) is 0. The molecular formula is C20H17NO3. The van der Waals surface area contributed by atoms with E-state index in [-0.39, 0.29) is 5.91 Å². The van der Waals surface area contributed by atoms with Gasteiger partial charge in [-0.3, -0.25) is 4.79 Å². The second-order valence-corrected chi connectivity index (χ2v) is 5.32. The van der Waals surface area contributed by atoms with E-state index in [1.807, 2.05) is 36.4 Å². The highest BCUT2D eigenvalue weighted by molar-refractivity contribution is 6.06. The molecule has 1 amide bonds. The Morgan fingerprint density at radius 2 is 1.67 bits per heavy atom. The molecule has 24 heavy (non-hydrogen) atoms. The first-order valence-corrected chi connectivity index (χ1v) is 7.74. The molecule has 0 heterocycles. The fourth-order valence-corrected chi connectivity index (χ4v) is 2.47. The molecule has 0 bridgehead atoms. The maximum atomic E-state index is 12.4. The van der Waals surface area contributed by atoms with Gasteiger partial charge in [-0.1, -0.05) is 36.4 Å². The van der Waals surface area contributed by atoms with Crippen molar-refractivity contribution in [3.63, 3.8) is 0 Å². The summed E-state index contributed by atoms with van der Waals surface area (Å²) in [5, 5.41) is 4.90. The van der Waals surface area contributed by atoms with Gasteiger partial charge in [0.05, 0.1) is 12.2 Å². The smallest absolute Gasteiger partial charge is 0.338 e. The Balaban J connectivity index is 1.80. The molecule has 0 spiro atoms. The lowest BCUT2D eigenvalue weighted by atomic mass is 10.1. The average Bonchev–Trinajstić information content (AvgIpc) is 2.61. The van der Waals surface area contributed by atoms with Crippen molar-refractivity contribution in [3.05, 3.63) is 77.9 Å². The van der Waals surface area contributed by atoms with Crippen molar-refractivity contribution in [2.24, 2.45) is 0 Å². The quantitative estimate of drug-likeness (QED) is 0.731. The largest absolute Gasteiger partial charge is 0.462 e. The fraction of sp³-hybridized carbons (Fsp3) is 0.100. The third-order valence-electron chi connectivity index (χ3n) is 3.64. The number of fused-ring (bicyclic) bond motifs is 1. The summed E-state index contributed by atoms with van der Waals surface area (Å²) < 4.78 is 4.97. The predicted molar refractivity (Wildman–Crippen MR) is 94.3 cm³/mol. The molecular weight excluding hydrogens is 302 g/mol. The minimum absolute atomic E-state index is 0.221. The van der Waals surface area contributed by atoms with Gasteiger partial charge < -0.3 is 10.1 Å². The fourth-order valence-electron chi connectivity index (χ4n) is 2.47. The normalized spacial score (nSPS) is 10.4. The summed E-state index contributed by atoms with van der Waals surface area (Å²) in [5.41, 5.74) is 1.53. The van der Waals surface area contributed by atoms with Crippen LogP contribution in [0.25, 0.3) is 10.8 Å². The van der Waals surface area contributed by atoms with Gasteiger partial charge in [0.15, 0.2) is 0 Å². The number of hydrogen-bond donors (Lipinski definition) is 1. The summed E-state index contributed by atoms with van der Waals surface area (Å²) in [6, 6.07) is 20.1. The maximum Gasteiger partial charge on any atom is 0.338 e. The van der Waals surface area contributed by atoms with Crippen LogP contribution in [0.1, 0.15) is 27.6 Å². The monoisotopic (exact) mass is 319 g/mol. The number of benzene rings is 3. The van der Waals surface area contributed by atoms with E-state index in [1.165, 1.54) is 0 Å². The number of amides is 1. The summed E-state index contributed by atoms with van der Waals surface area (Å²) >= 11 is 0. The van der Waals surface area contributed by atoms with Crippen LogP contribution in [0, 0.1) is 0 Å². The number of rotatable bonds is 4. The second-order valence-electron chi connectivity index (χ2n) is 5.32. The molecule has 0 aliphatic heterocycles. The van der Waals surface area contributed by atoms with Gasteiger partial charge >= 0.3 is 5.97 Å². The molecule has 0 aliphatic rings. The highest BCUT2D eigenvalue weighted by atomic mass is 16.5. The molecule has 0 saturated carbocycles. The van der Waals surface area contributed by atoms with Crippen LogP contribution in [0.2, 0.25) is 0 Å². The molecule has 0 saturated heterocycles. The first-order valence-electron chi connectivity index (χ1n) is 7.74. The number of carbonyl (C=O) groups is 2. The van der Waals surface area contributed by atoms with Gasteiger partial charge in [-0.15, -0.1) is 0 Å². The number of ether oxygens (including phenoxy) is 1. The molecule has 0 fully saturated rings. The van der Waals surface area contributed by atoms with Crippen molar-refractivity contribution in [2.45, 2.75) is 6.92 Å². The molecule has 0 aromatic heterocycles. The van der Waals surface area contributed by atoms with E-state index in [4.69, 9.17) is 4.74 Å². The molecule has 1 N–H and O–H groups in total. The molecule has 0 aliphatic carbocycles. The standard InChI is InChI=1S/C20H17NO3/c1-2-24-20(23)17-8-5-9-18(13-17)21-19(22)16-11-10-14-6-3-4-7-15(14)12-16/h3-13H,2H2,1H3,(H,21,22). The van der Waals surface area contributed by atoms with E-state index in [0.717, 1.165) is 10.8 Å². The number of esters is 1. The van der Waals surface area contributed by atoms with Crippen molar-refractivity contribution in [3.8, 4) is 0 Å². The Morgan fingerprint density at radius 3 is 2.46 bits per heavy atom. The zero-order valence-electron chi connectivity index (χ0n) is 13.3. The minimum atomic E-state index is -0.403. The summed E-state index contributed by atoms with van der Waals surface area (Å²) in [6.45, 7) is 2.07. The Kier molecular flexibility index (Phi) is 4.57. The zero-order valence-corrected chi connectivity index (χ0v) is 13.3. The van der Waals surface area contributed by atoms with Crippen LogP contribution in [0.4, 0.5) is 5.69 Å². The second kappa shape index (κ2) is 6.96. The average molecular weight is 319 g/mol. The SMILES string of the molecule is CCOC(=O)c1cccc(NC(=O)c2ccc3ccccc3c2)c1. The molecule has 0 radical (unpaired) electrons. The third kappa shape index (κ3) is 3.43. The van der Waals surface area contributed by atoms with Crippen LogP contribution >= 0.6 is 0 Å². The number of nitrogens with one attached hydrogen (secondary N) is 1. The van der Waals surface area contributed by atoms with Gasteiger partial charge in [-0.25, -0.2) is 4.79 Å². The molecule has 0 atom stereocenters. The van der Waals surface area contributed by atoms with E-state index in [2.05, 4.69) is 5.32 Å². The number of carbonyl (C=O) groups excluding carboxylic acids is 2. The van der Waals surface area contributed by atoms with Gasteiger partial charge in [-0.2, -0.15) is 0 Å². The third-order valence-corrected chi connectivity index (χ3v) is 3.64. The molecule has 4 heteroatoms. The zero-order chi connectivity index (χ0) is 16.9. The Hall–Kier alpha value is -3.14. The lowest BCUT2D eigenvalue weighted by molar-refractivity contribution is 0.0526. The van der Waals surface area contributed by atoms with E-state index in [1.54, 1.807) is 37.3 Å². The highest BCUT2D eigenvalue weighted by Crippen LogP contribution is 2.18. The van der Waals surface area contributed by atoms with Crippen LogP contribution in [0.3, 0.4) is 0 Å². The Labute approximate surface area is 140 Å². The van der Waals surface area contributed by atoms with Crippen molar-refractivity contribution < 1.29 is 14.3 Å². The van der Waals surface area contributed by atoms with Crippen molar-refractivity contribution in [1.29, 1.82) is 0 Å². The van der Waals surface area contributed by atoms with E-state index >= 15 is 0 Å². The predicted octanol–water partition coefficient (Wildman–Crippen LogP) is 4.27. The van der Waals surface area contributed by atoms with E-state index in [9.17, 15) is 9.59 Å². The van der Waals surface area contributed by atoms with Crippen LogP contribution in [0.5, 0.6) is 0 Å². The lowest BCUT2D eigenvalue weighted by Crippen LogP contribution is -2.12. The van der Waals surface area contributed by atoms with Crippen LogP contribution in [-0.4, -0.2) is 18.5 Å². The van der Waals surface area contributed by atoms with Crippen LogP contribution < -0.4 is 5.32 Å². The van der Waals surface area contributed by atoms with Gasteiger partial charge in [0.2, 0.25) is 0 Å². The minimum Gasteiger partial charge on any atom is -0.462 e. The van der Waals surface area contributed by atoms with Gasteiger partial charge in [0, 0.05) is 11.3 Å². The maximum absolute atomic E-state index is 12.4. The summed E-state index contributed by atoms with van der Waals surface area (Å²) in [4.78, 5) is 24.2. The van der Waals surface area contributed by atoms with E-state index in [0.29, 0.717) is 23.4 Å². The van der Waals surface area contributed by atoms with Crippen LogP contribution in [-0.2, 0) is 4.74 Å². The van der Waals surface area contributed by atoms with Crippen molar-refractivity contribution >= 4 is 28.3 Å². The van der Waals surface area contributed by atoms with Crippen LogP contribution in [0.15, 0.2) is 66.7 Å². The summed E-state index contributed by atoms with van der Waals surface area (Å²) in [5.74, 6) is -0.624. The summed E-state index contributed by atoms with van der Waals surface area (Å²) in [7, 11) is 0. The number of hydrogen-bond acceptors (Lipinski definition) is 3. The van der Waals surface area contributed by atoms with Gasteiger partial charge in [0.25, 0.3) is 5.91 Å². The van der Waals surface area contributed by atoms with Crippen molar-refractivity contribution in [1.82, 2.24) is 0 Å². The first kappa shape index (κ1) is 15.7. The molecule has 3 aromatic rings. The molecule has 0 unspecified atom stereocenters. The molecule has 4 nitrogen and oxygen atoms in total. The lowest BCUT2D eigenvalue weighted by Gasteiger charge is -2.08. The highest BCUT2D eigenvalue weighted by Gasteiger charge is 2.10. The molecule has 120 valence electrons. The Bertz CT molecular complexity index is 902. The molecule has 3 aromatic carbocycles. The first-order chi connectivity index (χ1) is 11.7.